The summed E-state index contributed by atoms with van der Waals surface area (Å²) in [5.41, 5.74) is 0.415. The zero-order valence-corrected chi connectivity index (χ0v) is 15.1. The van der Waals surface area contributed by atoms with E-state index in [2.05, 4.69) is 10.2 Å². The van der Waals surface area contributed by atoms with Crippen LogP contribution in [0.4, 0.5) is 5.69 Å². The maximum absolute atomic E-state index is 12.2. The first-order valence-corrected chi connectivity index (χ1v) is 9.56. The van der Waals surface area contributed by atoms with Gasteiger partial charge in [-0.25, -0.2) is 8.42 Å². The lowest BCUT2D eigenvalue weighted by Gasteiger charge is -2.31. The molecule has 0 radical (unpaired) electrons. The molecule has 1 saturated heterocycles. The minimum Gasteiger partial charge on any atom is -0.325 e. The van der Waals surface area contributed by atoms with Crippen molar-refractivity contribution in [2.45, 2.75) is 6.42 Å². The lowest BCUT2D eigenvalue weighted by molar-refractivity contribution is -0.115. The quantitative estimate of drug-likeness (QED) is 0.847. The van der Waals surface area contributed by atoms with E-state index >= 15 is 0 Å². The Morgan fingerprint density at radius 2 is 1.87 bits per heavy atom. The standard InChI is InChI=1S/C14H19Cl2N3O3S/c1-18-5-7-19(8-6-18)23(21,22)9-4-14(20)17-13-3-2-11(15)10-12(13)16/h2-3,10H,4-9H2,1H3,(H,17,20). The van der Waals surface area contributed by atoms with Crippen molar-refractivity contribution in [1.29, 1.82) is 0 Å². The molecular formula is C14H19Cl2N3O3S. The third-order valence-electron chi connectivity index (χ3n) is 3.65. The minimum absolute atomic E-state index is 0.117. The summed E-state index contributed by atoms with van der Waals surface area (Å²) >= 11 is 11.8. The van der Waals surface area contributed by atoms with E-state index in [1.54, 1.807) is 12.1 Å². The van der Waals surface area contributed by atoms with Crippen LogP contribution in [0.2, 0.25) is 10.0 Å². The van der Waals surface area contributed by atoms with E-state index in [9.17, 15) is 13.2 Å². The number of likely N-dealkylation sites (N-methyl/N-ethyl adjacent to an activating group) is 1. The highest BCUT2D eigenvalue weighted by Gasteiger charge is 2.26. The number of amides is 1. The molecule has 2 rings (SSSR count). The molecular weight excluding hydrogens is 361 g/mol. The molecule has 6 nitrogen and oxygen atoms in total. The minimum atomic E-state index is -3.42. The second kappa shape index (κ2) is 7.81. The van der Waals surface area contributed by atoms with Gasteiger partial charge < -0.3 is 10.2 Å². The van der Waals surface area contributed by atoms with E-state index in [1.807, 2.05) is 7.05 Å². The topological polar surface area (TPSA) is 69.7 Å². The van der Waals surface area contributed by atoms with Crippen molar-refractivity contribution < 1.29 is 13.2 Å². The van der Waals surface area contributed by atoms with Crippen LogP contribution in [0.25, 0.3) is 0 Å². The summed E-state index contributed by atoms with van der Waals surface area (Å²) in [5.74, 6) is -0.611. The van der Waals surface area contributed by atoms with Gasteiger partial charge >= 0.3 is 0 Å². The monoisotopic (exact) mass is 379 g/mol. The van der Waals surface area contributed by atoms with E-state index in [4.69, 9.17) is 23.2 Å². The maximum atomic E-state index is 12.2. The van der Waals surface area contributed by atoms with E-state index in [-0.39, 0.29) is 12.2 Å². The predicted molar refractivity (Wildman–Crippen MR) is 92.6 cm³/mol. The van der Waals surface area contributed by atoms with Crippen molar-refractivity contribution in [3.63, 3.8) is 0 Å². The van der Waals surface area contributed by atoms with E-state index in [1.165, 1.54) is 10.4 Å². The molecule has 1 amide bonds. The van der Waals surface area contributed by atoms with Crippen LogP contribution in [0, 0.1) is 0 Å². The molecule has 0 unspecified atom stereocenters. The number of halogens is 2. The average Bonchev–Trinajstić information content (AvgIpc) is 2.49. The summed E-state index contributed by atoms with van der Waals surface area (Å²) in [6, 6.07) is 4.70. The van der Waals surface area contributed by atoms with Crippen LogP contribution in [0.1, 0.15) is 6.42 Å². The fourth-order valence-electron chi connectivity index (χ4n) is 2.22. The van der Waals surface area contributed by atoms with Crippen molar-refractivity contribution in [3.05, 3.63) is 28.2 Å². The van der Waals surface area contributed by atoms with Gasteiger partial charge in [0.25, 0.3) is 0 Å². The first-order chi connectivity index (χ1) is 10.8. The highest BCUT2D eigenvalue weighted by atomic mass is 35.5. The number of carbonyl (C=O) groups excluding carboxylic acids is 1. The van der Waals surface area contributed by atoms with Gasteiger partial charge in [0.2, 0.25) is 15.9 Å². The number of piperazine rings is 1. The van der Waals surface area contributed by atoms with Crippen molar-refractivity contribution in [2.24, 2.45) is 0 Å². The molecule has 0 aliphatic carbocycles. The Morgan fingerprint density at radius 3 is 2.48 bits per heavy atom. The zero-order chi connectivity index (χ0) is 17.0. The number of anilines is 1. The molecule has 1 aliphatic rings. The molecule has 0 spiro atoms. The Bertz CT molecular complexity index is 674. The number of nitrogens with one attached hydrogen (secondary N) is 1. The van der Waals surface area contributed by atoms with Crippen LogP contribution < -0.4 is 5.32 Å². The molecule has 9 heteroatoms. The third kappa shape index (κ3) is 5.32. The van der Waals surface area contributed by atoms with E-state index in [0.29, 0.717) is 41.9 Å². The Balaban J connectivity index is 1.88. The molecule has 1 N–H and O–H groups in total. The first kappa shape index (κ1) is 18.5. The van der Waals surface area contributed by atoms with Crippen LogP contribution in [0.5, 0.6) is 0 Å². The van der Waals surface area contributed by atoms with Gasteiger partial charge in [0.05, 0.1) is 16.5 Å². The van der Waals surface area contributed by atoms with Gasteiger partial charge in [-0.15, -0.1) is 0 Å². The molecule has 0 bridgehead atoms. The van der Waals surface area contributed by atoms with E-state index < -0.39 is 15.9 Å². The van der Waals surface area contributed by atoms with Gasteiger partial charge in [-0.1, -0.05) is 23.2 Å². The number of sulfonamides is 1. The summed E-state index contributed by atoms with van der Waals surface area (Å²) in [6.45, 7) is 2.32. The Morgan fingerprint density at radius 1 is 1.22 bits per heavy atom. The predicted octanol–water partition coefficient (Wildman–Crippen LogP) is 1.90. The molecule has 0 aromatic heterocycles. The SMILES string of the molecule is CN1CCN(S(=O)(=O)CCC(=O)Nc2ccc(Cl)cc2Cl)CC1. The second-order valence-electron chi connectivity index (χ2n) is 5.44. The van der Waals surface area contributed by atoms with Crippen LogP contribution in [0.15, 0.2) is 18.2 Å². The lowest BCUT2D eigenvalue weighted by Crippen LogP contribution is -2.48. The van der Waals surface area contributed by atoms with Crippen molar-refractivity contribution >= 4 is 44.8 Å². The van der Waals surface area contributed by atoms with Crippen LogP contribution in [-0.4, -0.2) is 62.5 Å². The number of hydrogen-bond acceptors (Lipinski definition) is 4. The normalized spacial score (nSPS) is 17.2. The zero-order valence-electron chi connectivity index (χ0n) is 12.8. The van der Waals surface area contributed by atoms with Gasteiger partial charge in [-0.05, 0) is 25.2 Å². The van der Waals surface area contributed by atoms with Crippen molar-refractivity contribution in [1.82, 2.24) is 9.21 Å². The Labute approximate surface area is 146 Å². The highest BCUT2D eigenvalue weighted by molar-refractivity contribution is 7.89. The molecule has 23 heavy (non-hydrogen) atoms. The molecule has 0 atom stereocenters. The van der Waals surface area contributed by atoms with Crippen molar-refractivity contribution in [3.8, 4) is 0 Å². The molecule has 1 heterocycles. The second-order valence-corrected chi connectivity index (χ2v) is 8.37. The number of benzene rings is 1. The Hall–Kier alpha value is -0.860. The lowest BCUT2D eigenvalue weighted by atomic mass is 10.3. The number of nitrogens with zero attached hydrogens (tertiary/aromatic N) is 2. The first-order valence-electron chi connectivity index (χ1n) is 7.19. The summed E-state index contributed by atoms with van der Waals surface area (Å²) in [6.07, 6.45) is -0.117. The molecule has 1 aromatic carbocycles. The maximum Gasteiger partial charge on any atom is 0.225 e. The fraction of sp³-hybridized carbons (Fsp3) is 0.500. The van der Waals surface area contributed by atoms with Crippen LogP contribution in [-0.2, 0) is 14.8 Å². The van der Waals surface area contributed by atoms with Gasteiger partial charge in [0.15, 0.2) is 0 Å². The van der Waals surface area contributed by atoms with Gasteiger partial charge in [-0.3, -0.25) is 4.79 Å². The average molecular weight is 380 g/mol. The smallest absolute Gasteiger partial charge is 0.225 e. The van der Waals surface area contributed by atoms with Gasteiger partial charge in [-0.2, -0.15) is 4.31 Å². The highest BCUT2D eigenvalue weighted by Crippen LogP contribution is 2.25. The largest absolute Gasteiger partial charge is 0.325 e. The third-order valence-corrected chi connectivity index (χ3v) is 6.07. The van der Waals surface area contributed by atoms with E-state index in [0.717, 1.165) is 0 Å². The molecule has 1 aromatic rings. The van der Waals surface area contributed by atoms with Gasteiger partial charge in [0, 0.05) is 37.6 Å². The summed E-state index contributed by atoms with van der Waals surface area (Å²) < 4.78 is 25.9. The summed E-state index contributed by atoms with van der Waals surface area (Å²) in [4.78, 5) is 14.0. The van der Waals surface area contributed by atoms with Gasteiger partial charge in [0.1, 0.15) is 0 Å². The molecule has 0 saturated carbocycles. The molecule has 1 fully saturated rings. The van der Waals surface area contributed by atoms with Crippen LogP contribution in [0.3, 0.4) is 0 Å². The number of rotatable bonds is 5. The van der Waals surface area contributed by atoms with Crippen LogP contribution >= 0.6 is 23.2 Å². The summed E-state index contributed by atoms with van der Waals surface area (Å²) in [7, 11) is -1.47. The van der Waals surface area contributed by atoms with Crippen molar-refractivity contribution in [2.75, 3.05) is 44.3 Å². The molecule has 1 aliphatic heterocycles. The Kier molecular flexibility index (Phi) is 6.27. The number of carbonyl (C=O) groups is 1. The molecule has 128 valence electrons. The number of hydrogen-bond donors (Lipinski definition) is 1. The summed E-state index contributed by atoms with van der Waals surface area (Å²) in [5, 5.41) is 3.38. The fourth-order valence-corrected chi connectivity index (χ4v) is 4.10.